The molecule has 1 aliphatic heterocycles. The van der Waals surface area contributed by atoms with Crippen molar-refractivity contribution in [2.24, 2.45) is 46.3 Å². The number of fused-ring (bicyclic) bond motifs is 4. The Kier molecular flexibility index (Phi) is 5.42. The van der Waals surface area contributed by atoms with Gasteiger partial charge in [-0.05, 0) is 85.9 Å². The van der Waals surface area contributed by atoms with Crippen molar-refractivity contribution < 1.29 is 9.47 Å². The molecule has 5 aliphatic rings. The van der Waals surface area contributed by atoms with Crippen molar-refractivity contribution >= 4 is 0 Å². The molecule has 2 heteroatoms. The third-order valence-corrected chi connectivity index (χ3v) is 11.6. The first-order valence-electron chi connectivity index (χ1n) is 13.5. The first kappa shape index (κ1) is 21.7. The predicted molar refractivity (Wildman–Crippen MR) is 123 cm³/mol. The standard InChI is InChI=1S/C28H48O2/c1-18(2)8-7-9-19(3)22-10-11-23-21-16-25-28(30-25)17-20(29-6)12-15-27(28,5)24(21)13-14-26(22,23)4/h18-25H,7-17H2,1-6H3/t19?,20-,21-,22+,23-,24-,25-,26+,27+,28?/m0/s1. The highest BCUT2D eigenvalue weighted by atomic mass is 16.6. The topological polar surface area (TPSA) is 21.8 Å². The average Bonchev–Trinajstić information content (AvgIpc) is 3.28. The molecule has 0 radical (unpaired) electrons. The summed E-state index contributed by atoms with van der Waals surface area (Å²) in [7, 11) is 1.90. The summed E-state index contributed by atoms with van der Waals surface area (Å²) in [6.07, 6.45) is 16.2. The van der Waals surface area contributed by atoms with Crippen molar-refractivity contribution in [3.8, 4) is 0 Å². The lowest BCUT2D eigenvalue weighted by Crippen LogP contribution is -2.58. The van der Waals surface area contributed by atoms with Crippen LogP contribution in [0, 0.1) is 46.3 Å². The SMILES string of the molecule is CO[C@H]1CC[C@]2(C)[C@H]3CC[C@]4(C)[C@@H](C(C)CCCC(C)C)CC[C@H]4[C@@H]3C[C@@H]3OC32C1. The summed E-state index contributed by atoms with van der Waals surface area (Å²) in [6.45, 7) is 12.7. The van der Waals surface area contributed by atoms with Crippen LogP contribution >= 0.6 is 0 Å². The molecule has 0 aromatic rings. The number of epoxide rings is 1. The minimum atomic E-state index is 0.170. The highest BCUT2D eigenvalue weighted by Gasteiger charge is 2.76. The van der Waals surface area contributed by atoms with Gasteiger partial charge in [0.25, 0.3) is 0 Å². The Balaban J connectivity index is 1.32. The van der Waals surface area contributed by atoms with Crippen molar-refractivity contribution in [2.75, 3.05) is 7.11 Å². The lowest BCUT2D eigenvalue weighted by atomic mass is 9.44. The van der Waals surface area contributed by atoms with Crippen LogP contribution < -0.4 is 0 Å². The Labute approximate surface area is 186 Å². The molecule has 0 aromatic carbocycles. The van der Waals surface area contributed by atoms with Crippen LogP contribution in [0.4, 0.5) is 0 Å². The number of hydrogen-bond donors (Lipinski definition) is 0. The maximum atomic E-state index is 6.65. The quantitative estimate of drug-likeness (QED) is 0.425. The summed E-state index contributed by atoms with van der Waals surface area (Å²) in [4.78, 5) is 0. The van der Waals surface area contributed by atoms with Crippen LogP contribution in [0.3, 0.4) is 0 Å². The first-order valence-corrected chi connectivity index (χ1v) is 13.5. The van der Waals surface area contributed by atoms with E-state index in [0.29, 0.717) is 23.0 Å². The lowest BCUT2D eigenvalue weighted by molar-refractivity contribution is -0.121. The number of hydrogen-bond acceptors (Lipinski definition) is 2. The van der Waals surface area contributed by atoms with E-state index in [-0.39, 0.29) is 5.60 Å². The summed E-state index contributed by atoms with van der Waals surface area (Å²) in [5.41, 5.74) is 1.16. The van der Waals surface area contributed by atoms with Gasteiger partial charge in [0.15, 0.2) is 0 Å². The van der Waals surface area contributed by atoms with Crippen molar-refractivity contribution in [1.82, 2.24) is 0 Å². The largest absolute Gasteiger partial charge is 0.381 e. The molecule has 0 N–H and O–H groups in total. The van der Waals surface area contributed by atoms with Crippen molar-refractivity contribution in [3.05, 3.63) is 0 Å². The highest BCUT2D eigenvalue weighted by molar-refractivity contribution is 5.24. The van der Waals surface area contributed by atoms with Gasteiger partial charge in [-0.1, -0.05) is 53.9 Å². The minimum Gasteiger partial charge on any atom is -0.381 e. The number of methoxy groups -OCH3 is 1. The van der Waals surface area contributed by atoms with Crippen LogP contribution in [0.15, 0.2) is 0 Å². The normalized spacial score (nSPS) is 52.9. The lowest BCUT2D eigenvalue weighted by Gasteiger charge is -2.59. The molecule has 10 atom stereocenters. The molecule has 1 spiro atoms. The Morgan fingerprint density at radius 1 is 0.967 bits per heavy atom. The molecule has 0 bridgehead atoms. The van der Waals surface area contributed by atoms with Crippen LogP contribution in [-0.4, -0.2) is 24.9 Å². The van der Waals surface area contributed by atoms with E-state index in [4.69, 9.17) is 9.47 Å². The van der Waals surface area contributed by atoms with Gasteiger partial charge in [-0.25, -0.2) is 0 Å². The molecule has 1 saturated heterocycles. The van der Waals surface area contributed by atoms with E-state index in [9.17, 15) is 0 Å². The maximum absolute atomic E-state index is 6.65. The molecule has 5 fully saturated rings. The highest BCUT2D eigenvalue weighted by Crippen LogP contribution is 2.74. The van der Waals surface area contributed by atoms with Crippen LogP contribution in [-0.2, 0) is 9.47 Å². The van der Waals surface area contributed by atoms with Crippen LogP contribution in [0.1, 0.15) is 105 Å². The van der Waals surface area contributed by atoms with Crippen LogP contribution in [0.2, 0.25) is 0 Å². The Morgan fingerprint density at radius 3 is 2.50 bits per heavy atom. The average molecular weight is 417 g/mol. The van der Waals surface area contributed by atoms with Crippen molar-refractivity contribution in [2.45, 2.75) is 123 Å². The fourth-order valence-electron chi connectivity index (χ4n) is 9.87. The minimum absolute atomic E-state index is 0.170. The van der Waals surface area contributed by atoms with Crippen LogP contribution in [0.25, 0.3) is 0 Å². The second kappa shape index (κ2) is 7.47. The van der Waals surface area contributed by atoms with E-state index >= 15 is 0 Å². The molecule has 2 unspecified atom stereocenters. The van der Waals surface area contributed by atoms with E-state index in [1.165, 1.54) is 64.2 Å². The molecule has 172 valence electrons. The van der Waals surface area contributed by atoms with Gasteiger partial charge in [0.1, 0.15) is 5.60 Å². The summed E-state index contributed by atoms with van der Waals surface area (Å²) in [6, 6.07) is 0. The van der Waals surface area contributed by atoms with Gasteiger partial charge in [0.05, 0.1) is 12.2 Å². The van der Waals surface area contributed by atoms with Crippen LogP contribution in [0.5, 0.6) is 0 Å². The molecule has 1 heterocycles. The van der Waals surface area contributed by atoms with E-state index < -0.39 is 0 Å². The molecular formula is C28H48O2. The Hall–Kier alpha value is -0.0800. The monoisotopic (exact) mass is 416 g/mol. The fraction of sp³-hybridized carbons (Fsp3) is 1.00. The molecule has 0 aromatic heterocycles. The molecule has 5 rings (SSSR count). The number of rotatable bonds is 6. The zero-order valence-electron chi connectivity index (χ0n) is 20.7. The zero-order valence-corrected chi connectivity index (χ0v) is 20.7. The number of ether oxygens (including phenoxy) is 2. The molecule has 4 saturated carbocycles. The predicted octanol–water partition coefficient (Wildman–Crippen LogP) is 7.25. The second-order valence-corrected chi connectivity index (χ2v) is 13.2. The molecule has 2 nitrogen and oxygen atoms in total. The third-order valence-electron chi connectivity index (χ3n) is 11.6. The van der Waals surface area contributed by atoms with E-state index in [1.807, 2.05) is 7.11 Å². The summed E-state index contributed by atoms with van der Waals surface area (Å²) in [5, 5.41) is 0. The van der Waals surface area contributed by atoms with Crippen molar-refractivity contribution in [3.63, 3.8) is 0 Å². The summed E-state index contributed by atoms with van der Waals surface area (Å²) >= 11 is 0. The smallest absolute Gasteiger partial charge is 0.103 e. The van der Waals surface area contributed by atoms with E-state index in [2.05, 4.69) is 34.6 Å². The third kappa shape index (κ3) is 3.01. The Morgan fingerprint density at radius 2 is 1.77 bits per heavy atom. The van der Waals surface area contributed by atoms with Gasteiger partial charge >= 0.3 is 0 Å². The molecule has 0 amide bonds. The van der Waals surface area contributed by atoms with Gasteiger partial charge in [-0.3, -0.25) is 0 Å². The zero-order chi connectivity index (χ0) is 21.3. The molecule has 4 aliphatic carbocycles. The van der Waals surface area contributed by atoms with Gasteiger partial charge in [0, 0.05) is 18.9 Å². The molecule has 30 heavy (non-hydrogen) atoms. The summed E-state index contributed by atoms with van der Waals surface area (Å²) in [5.74, 6) is 5.48. The van der Waals surface area contributed by atoms with Gasteiger partial charge in [-0.15, -0.1) is 0 Å². The molecular weight excluding hydrogens is 368 g/mol. The van der Waals surface area contributed by atoms with E-state index in [1.54, 1.807) is 0 Å². The fourth-order valence-corrected chi connectivity index (χ4v) is 9.87. The Bertz CT molecular complexity index is 645. The van der Waals surface area contributed by atoms with Crippen molar-refractivity contribution in [1.29, 1.82) is 0 Å². The van der Waals surface area contributed by atoms with Gasteiger partial charge in [-0.2, -0.15) is 0 Å². The van der Waals surface area contributed by atoms with Gasteiger partial charge < -0.3 is 9.47 Å². The van der Waals surface area contributed by atoms with E-state index in [0.717, 1.165) is 41.9 Å². The van der Waals surface area contributed by atoms with Gasteiger partial charge in [0.2, 0.25) is 0 Å². The second-order valence-electron chi connectivity index (χ2n) is 13.2. The maximum Gasteiger partial charge on any atom is 0.103 e. The first-order chi connectivity index (χ1) is 14.2. The summed E-state index contributed by atoms with van der Waals surface area (Å²) < 4.78 is 12.5.